The van der Waals surface area contributed by atoms with Crippen molar-refractivity contribution in [3.05, 3.63) is 0 Å². The summed E-state index contributed by atoms with van der Waals surface area (Å²) in [6, 6.07) is -6.82. The minimum Gasteiger partial charge on any atom is -0.369 e. The van der Waals surface area contributed by atoms with Crippen LogP contribution in [0, 0.1) is 0 Å². The molecule has 0 aromatic rings. The Morgan fingerprint density at radius 1 is 0.654 bits per heavy atom. The van der Waals surface area contributed by atoms with Crippen molar-refractivity contribution in [2.75, 3.05) is 6.61 Å². The second-order valence-corrected chi connectivity index (χ2v) is 4.89. The Labute approximate surface area is 135 Å². The van der Waals surface area contributed by atoms with Gasteiger partial charge in [-0.3, -0.25) is 4.74 Å². The molecule has 0 saturated carbocycles. The van der Waals surface area contributed by atoms with Crippen molar-refractivity contribution in [3.63, 3.8) is 0 Å². The van der Waals surface area contributed by atoms with Gasteiger partial charge in [-0.15, -0.1) is 0 Å². The van der Waals surface area contributed by atoms with Crippen molar-refractivity contribution < 1.29 is 71.3 Å². The van der Waals surface area contributed by atoms with Gasteiger partial charge in [0.1, 0.15) is 6.10 Å². The van der Waals surface area contributed by atoms with Crippen LogP contribution < -0.4 is 0 Å². The quantitative estimate of drug-likeness (QED) is 0.472. The molecular weight excluding hydrogens is 415 g/mol. The van der Waals surface area contributed by atoms with Crippen molar-refractivity contribution in [1.29, 1.82) is 0 Å². The Bertz CT molecular complexity index is 476. The van der Waals surface area contributed by atoms with E-state index in [0.29, 0.717) is 0 Å². The van der Waals surface area contributed by atoms with Crippen LogP contribution in [0.2, 0.25) is 0 Å². The lowest BCUT2D eigenvalue weighted by Gasteiger charge is -2.38. The van der Waals surface area contributed by atoms with E-state index in [1.54, 1.807) is 0 Å². The molecule has 2 unspecified atom stereocenters. The molecule has 2 atom stereocenters. The maximum Gasteiger partial charge on any atom is 0.478 e. The largest absolute Gasteiger partial charge is 0.478 e. The number of alkyl halides is 13. The van der Waals surface area contributed by atoms with Gasteiger partial charge in [-0.1, -0.05) is 0 Å². The Morgan fingerprint density at radius 2 is 1.12 bits per heavy atom. The average Bonchev–Trinajstić information content (AvgIpc) is 2.87. The molecule has 0 aliphatic carbocycles. The van der Waals surface area contributed by atoms with Crippen LogP contribution >= 0.6 is 0 Å². The molecule has 1 heterocycles. The molecule has 16 heteroatoms. The molecule has 1 rings (SSSR count). The first-order valence-corrected chi connectivity index (χ1v) is 6.24. The Kier molecular flexibility index (Phi) is 5.79. The molecule has 0 N–H and O–H groups in total. The first-order chi connectivity index (χ1) is 11.3. The van der Waals surface area contributed by atoms with Crippen LogP contribution in [0.4, 0.5) is 57.1 Å². The van der Waals surface area contributed by atoms with Gasteiger partial charge < -0.3 is 4.74 Å². The second-order valence-electron chi connectivity index (χ2n) is 4.89. The molecular formula is C10H7F13O3. The number of rotatable bonds is 5. The Hall–Kier alpha value is -1.03. The van der Waals surface area contributed by atoms with Crippen molar-refractivity contribution in [2.45, 2.75) is 55.5 Å². The zero-order valence-corrected chi connectivity index (χ0v) is 11.8. The normalized spacial score (nSPS) is 23.2. The number of halogens is 13. The summed E-state index contributed by atoms with van der Waals surface area (Å²) in [6.45, 7) is -0.492. The maximum atomic E-state index is 13.7. The molecule has 0 amide bonds. The highest BCUT2D eigenvalue weighted by molar-refractivity contribution is 4.89. The first kappa shape index (κ1) is 23.0. The van der Waals surface area contributed by atoms with E-state index in [9.17, 15) is 57.1 Å². The van der Waals surface area contributed by atoms with Crippen LogP contribution in [0.1, 0.15) is 12.8 Å². The highest BCUT2D eigenvalue weighted by Gasteiger charge is 2.81. The van der Waals surface area contributed by atoms with E-state index in [1.807, 2.05) is 4.74 Å². The third kappa shape index (κ3) is 4.27. The second kappa shape index (κ2) is 6.54. The van der Waals surface area contributed by atoms with Gasteiger partial charge in [-0.05, 0) is 12.8 Å². The van der Waals surface area contributed by atoms with Gasteiger partial charge >= 0.3 is 36.5 Å². The molecule has 1 aliphatic rings. The lowest BCUT2D eigenvalue weighted by molar-refractivity contribution is -0.566. The van der Waals surface area contributed by atoms with Crippen molar-refractivity contribution in [3.8, 4) is 0 Å². The molecule has 0 aromatic heterocycles. The zero-order chi connectivity index (χ0) is 20.8. The van der Waals surface area contributed by atoms with E-state index in [2.05, 4.69) is 9.47 Å². The molecule has 156 valence electrons. The smallest absolute Gasteiger partial charge is 0.369 e. The minimum absolute atomic E-state index is 0.214. The molecule has 0 bridgehead atoms. The molecule has 26 heavy (non-hydrogen) atoms. The summed E-state index contributed by atoms with van der Waals surface area (Å²) in [5.41, 5.74) is 0. The van der Waals surface area contributed by atoms with Crippen LogP contribution in [0.25, 0.3) is 0 Å². The summed E-state index contributed by atoms with van der Waals surface area (Å²) in [4.78, 5) is 0. The Balaban J connectivity index is 3.32. The van der Waals surface area contributed by atoms with E-state index < -0.39 is 55.7 Å². The summed E-state index contributed by atoms with van der Waals surface area (Å²) in [5, 5.41) is 0. The molecule has 1 saturated heterocycles. The third-order valence-corrected chi connectivity index (χ3v) is 2.91. The van der Waals surface area contributed by atoms with E-state index in [-0.39, 0.29) is 6.42 Å². The highest BCUT2D eigenvalue weighted by Crippen LogP contribution is 2.53. The summed E-state index contributed by atoms with van der Waals surface area (Å²) < 4.78 is 173. The third-order valence-electron chi connectivity index (χ3n) is 2.91. The van der Waals surface area contributed by atoms with Gasteiger partial charge in [0.25, 0.3) is 0 Å². The molecule has 0 spiro atoms. The number of hydrogen-bond donors (Lipinski definition) is 0. The topological polar surface area (TPSA) is 27.7 Å². The van der Waals surface area contributed by atoms with E-state index in [0.717, 1.165) is 0 Å². The van der Waals surface area contributed by atoms with E-state index in [1.165, 1.54) is 0 Å². The lowest BCUT2D eigenvalue weighted by atomic mass is 10.2. The molecule has 1 aliphatic heterocycles. The summed E-state index contributed by atoms with van der Waals surface area (Å²) in [6.07, 6.45) is -30.8. The van der Waals surface area contributed by atoms with E-state index in [4.69, 9.17) is 0 Å². The molecule has 0 radical (unpaired) electrons. The maximum absolute atomic E-state index is 13.7. The van der Waals surface area contributed by atoms with Gasteiger partial charge in [0, 0.05) is 6.61 Å². The van der Waals surface area contributed by atoms with Crippen LogP contribution in [0.5, 0.6) is 0 Å². The monoisotopic (exact) mass is 422 g/mol. The van der Waals surface area contributed by atoms with Crippen LogP contribution in [0.15, 0.2) is 0 Å². The molecule has 0 aromatic carbocycles. The van der Waals surface area contributed by atoms with Crippen LogP contribution in [-0.2, 0) is 14.2 Å². The molecule has 1 fully saturated rings. The fraction of sp³-hybridized carbons (Fsp3) is 1.00. The summed E-state index contributed by atoms with van der Waals surface area (Å²) >= 11 is 0. The minimum atomic E-state index is -7.32. The van der Waals surface area contributed by atoms with Crippen molar-refractivity contribution >= 4 is 0 Å². The van der Waals surface area contributed by atoms with Crippen molar-refractivity contribution in [1.82, 2.24) is 0 Å². The van der Waals surface area contributed by atoms with Crippen LogP contribution in [-0.4, -0.2) is 49.2 Å². The average molecular weight is 422 g/mol. The predicted octanol–water partition coefficient (Wildman–Crippen LogP) is 4.77. The highest BCUT2D eigenvalue weighted by atomic mass is 19.4. The number of ether oxygens (including phenoxy) is 3. The SMILES string of the molecule is FC(F)(OC(F)(OC(F)(C(F)(F)F)C(F)(F)F)C(F)(F)F)C1CCCO1. The lowest BCUT2D eigenvalue weighted by Crippen LogP contribution is -2.64. The van der Waals surface area contributed by atoms with Gasteiger partial charge in [0.15, 0.2) is 0 Å². The number of hydrogen-bond acceptors (Lipinski definition) is 3. The molecule has 3 nitrogen and oxygen atoms in total. The Morgan fingerprint density at radius 3 is 1.42 bits per heavy atom. The van der Waals surface area contributed by atoms with E-state index >= 15 is 0 Å². The van der Waals surface area contributed by atoms with Gasteiger partial charge in [0.2, 0.25) is 0 Å². The summed E-state index contributed by atoms with van der Waals surface area (Å²) in [7, 11) is 0. The van der Waals surface area contributed by atoms with Gasteiger partial charge in [-0.2, -0.15) is 57.1 Å². The zero-order valence-electron chi connectivity index (χ0n) is 11.8. The fourth-order valence-corrected chi connectivity index (χ4v) is 1.68. The van der Waals surface area contributed by atoms with Gasteiger partial charge in [0.05, 0.1) is 0 Å². The fourth-order valence-electron chi connectivity index (χ4n) is 1.68. The van der Waals surface area contributed by atoms with Crippen molar-refractivity contribution in [2.24, 2.45) is 0 Å². The van der Waals surface area contributed by atoms with Crippen LogP contribution in [0.3, 0.4) is 0 Å². The summed E-state index contributed by atoms with van der Waals surface area (Å²) in [5.74, 6) is -7.31. The predicted molar refractivity (Wildman–Crippen MR) is 51.9 cm³/mol. The standard InChI is InChI=1S/C10H7F13O3/c11-5(12,4-2-1-3-24-4)25-10(23,9(20,21)22)26-6(13,7(14,15)16)8(17,18)19/h4H,1-3H2. The first-order valence-electron chi connectivity index (χ1n) is 6.24. The van der Waals surface area contributed by atoms with Gasteiger partial charge in [-0.25, -0.2) is 4.74 Å².